The molecule has 0 aliphatic carbocycles. The van der Waals surface area contributed by atoms with Gasteiger partial charge in [-0.15, -0.1) is 0 Å². The van der Waals surface area contributed by atoms with Gasteiger partial charge in [0.15, 0.2) is 0 Å². The van der Waals surface area contributed by atoms with Crippen molar-refractivity contribution in [3.63, 3.8) is 0 Å². The van der Waals surface area contributed by atoms with Gasteiger partial charge in [0.2, 0.25) is 11.8 Å². The number of nitrogens with zero attached hydrogens (tertiary/aromatic N) is 1. The van der Waals surface area contributed by atoms with Gasteiger partial charge in [-0.2, -0.15) is 0 Å². The molecule has 0 aromatic rings. The van der Waals surface area contributed by atoms with Crippen LogP contribution in [0.25, 0.3) is 0 Å². The highest BCUT2D eigenvalue weighted by Crippen LogP contribution is 2.38. The van der Waals surface area contributed by atoms with Crippen LogP contribution in [0.15, 0.2) is 0 Å². The summed E-state index contributed by atoms with van der Waals surface area (Å²) in [6.45, 7) is 5.07. The summed E-state index contributed by atoms with van der Waals surface area (Å²) < 4.78 is 0. The smallest absolute Gasteiger partial charge is 0.227 e. The van der Waals surface area contributed by atoms with E-state index in [0.29, 0.717) is 23.9 Å². The predicted octanol–water partition coefficient (Wildman–Crippen LogP) is 1.69. The van der Waals surface area contributed by atoms with Crippen molar-refractivity contribution in [2.75, 3.05) is 6.54 Å². The Bertz CT molecular complexity index is 320. The van der Waals surface area contributed by atoms with Crippen molar-refractivity contribution >= 4 is 11.8 Å². The van der Waals surface area contributed by atoms with Crippen LogP contribution in [0.5, 0.6) is 0 Å². The third-order valence-corrected chi connectivity index (χ3v) is 4.34. The van der Waals surface area contributed by atoms with E-state index in [1.54, 1.807) is 0 Å². The third kappa shape index (κ3) is 2.68. The highest BCUT2D eigenvalue weighted by Gasteiger charge is 2.49. The maximum Gasteiger partial charge on any atom is 0.227 e. The minimum absolute atomic E-state index is 0.225. The van der Waals surface area contributed by atoms with Crippen molar-refractivity contribution < 1.29 is 9.59 Å². The fraction of sp³-hybridized carbons (Fsp3) is 0.857. The van der Waals surface area contributed by atoms with Crippen LogP contribution < -0.4 is 5.32 Å². The van der Waals surface area contributed by atoms with Crippen molar-refractivity contribution in [1.29, 1.82) is 0 Å². The second-order valence-electron chi connectivity index (χ2n) is 5.69. The summed E-state index contributed by atoms with van der Waals surface area (Å²) in [7, 11) is 0. The lowest BCUT2D eigenvalue weighted by atomic mass is 9.90. The first kappa shape index (κ1) is 13.4. The van der Waals surface area contributed by atoms with Crippen LogP contribution in [-0.2, 0) is 9.59 Å². The van der Waals surface area contributed by atoms with E-state index in [9.17, 15) is 9.59 Å². The Kier molecular flexibility index (Phi) is 4.25. The number of amides is 2. The highest BCUT2D eigenvalue weighted by atomic mass is 16.2. The van der Waals surface area contributed by atoms with Crippen molar-refractivity contribution in [3.05, 3.63) is 0 Å². The van der Waals surface area contributed by atoms with Gasteiger partial charge in [-0.25, -0.2) is 0 Å². The van der Waals surface area contributed by atoms with Crippen LogP contribution in [-0.4, -0.2) is 35.3 Å². The minimum atomic E-state index is 0.225. The van der Waals surface area contributed by atoms with Crippen LogP contribution in [0.1, 0.15) is 52.4 Å². The average molecular weight is 252 g/mol. The Hall–Kier alpha value is -1.06. The number of fused-ring (bicyclic) bond motifs is 1. The quantitative estimate of drug-likeness (QED) is 0.667. The van der Waals surface area contributed by atoms with E-state index in [0.717, 1.165) is 25.8 Å². The Morgan fingerprint density at radius 2 is 1.89 bits per heavy atom. The minimum Gasteiger partial charge on any atom is -0.356 e. The van der Waals surface area contributed by atoms with Gasteiger partial charge < -0.3 is 10.2 Å². The first-order chi connectivity index (χ1) is 8.61. The van der Waals surface area contributed by atoms with E-state index in [1.807, 2.05) is 11.8 Å². The summed E-state index contributed by atoms with van der Waals surface area (Å²) in [6, 6.07) is 1.12. The standard InChI is InChI=1S/C8H13NO.C6H11NO/c1-5-3-4-7-6(2)8(10)9(5)7;8-6-4-2-1-3-5-7-6/h5-7H,3-4H2,1-2H3;1-5H2,(H,7,8)/t5-,6-,7?;/m1./s1. The average Bonchev–Trinajstić information content (AvgIpc) is 2.53. The van der Waals surface area contributed by atoms with Crippen LogP contribution in [0.4, 0.5) is 0 Å². The van der Waals surface area contributed by atoms with E-state index in [1.165, 1.54) is 19.3 Å². The number of carbonyl (C=O) groups excluding carboxylic acids is 2. The number of nitrogens with one attached hydrogen (secondary N) is 1. The van der Waals surface area contributed by atoms with Gasteiger partial charge >= 0.3 is 0 Å². The van der Waals surface area contributed by atoms with Crippen molar-refractivity contribution in [2.24, 2.45) is 5.92 Å². The lowest BCUT2D eigenvalue weighted by molar-refractivity contribution is -0.153. The van der Waals surface area contributed by atoms with Gasteiger partial charge in [0.1, 0.15) is 0 Å². The fourth-order valence-electron chi connectivity index (χ4n) is 3.11. The molecule has 3 aliphatic rings. The molecule has 102 valence electrons. The van der Waals surface area contributed by atoms with E-state index >= 15 is 0 Å². The summed E-state index contributed by atoms with van der Waals surface area (Å²) in [6.07, 6.45) is 6.62. The van der Waals surface area contributed by atoms with Gasteiger partial charge in [0.25, 0.3) is 0 Å². The van der Waals surface area contributed by atoms with Crippen LogP contribution in [0.2, 0.25) is 0 Å². The second-order valence-corrected chi connectivity index (χ2v) is 5.69. The lowest BCUT2D eigenvalue weighted by Gasteiger charge is -2.43. The summed E-state index contributed by atoms with van der Waals surface area (Å²) in [5.41, 5.74) is 0. The Morgan fingerprint density at radius 1 is 1.11 bits per heavy atom. The molecule has 0 bridgehead atoms. The molecular weight excluding hydrogens is 228 g/mol. The predicted molar refractivity (Wildman–Crippen MR) is 70.0 cm³/mol. The van der Waals surface area contributed by atoms with Crippen molar-refractivity contribution in [3.8, 4) is 0 Å². The normalized spacial score (nSPS) is 34.8. The molecule has 3 saturated heterocycles. The number of carbonyl (C=O) groups is 2. The molecule has 2 amide bonds. The first-order valence-corrected chi connectivity index (χ1v) is 7.20. The molecular formula is C14H24N2O2. The van der Waals surface area contributed by atoms with Crippen LogP contribution >= 0.6 is 0 Å². The molecule has 0 saturated carbocycles. The van der Waals surface area contributed by atoms with Crippen LogP contribution in [0.3, 0.4) is 0 Å². The summed E-state index contributed by atoms with van der Waals surface area (Å²) >= 11 is 0. The van der Waals surface area contributed by atoms with Gasteiger partial charge in [0.05, 0.1) is 5.92 Å². The maximum absolute atomic E-state index is 11.2. The maximum atomic E-state index is 11.2. The zero-order valence-electron chi connectivity index (χ0n) is 11.4. The largest absolute Gasteiger partial charge is 0.356 e. The number of rotatable bonds is 0. The molecule has 0 aromatic carbocycles. The lowest BCUT2D eigenvalue weighted by Crippen LogP contribution is -2.58. The molecule has 1 N–H and O–H groups in total. The fourth-order valence-corrected chi connectivity index (χ4v) is 3.11. The van der Waals surface area contributed by atoms with Crippen molar-refractivity contribution in [1.82, 2.24) is 10.2 Å². The summed E-state index contributed by atoms with van der Waals surface area (Å²) in [5.74, 6) is 0.919. The second kappa shape index (κ2) is 5.72. The summed E-state index contributed by atoms with van der Waals surface area (Å²) in [4.78, 5) is 23.8. The first-order valence-electron chi connectivity index (χ1n) is 7.20. The monoisotopic (exact) mass is 252 g/mol. The number of hydrogen-bond donors (Lipinski definition) is 1. The molecule has 18 heavy (non-hydrogen) atoms. The van der Waals surface area contributed by atoms with Gasteiger partial charge in [0, 0.05) is 25.0 Å². The topological polar surface area (TPSA) is 49.4 Å². The molecule has 3 fully saturated rings. The molecule has 4 heteroatoms. The Balaban J connectivity index is 0.000000138. The zero-order chi connectivity index (χ0) is 13.1. The molecule has 0 aromatic heterocycles. The third-order valence-electron chi connectivity index (χ3n) is 4.34. The van der Waals surface area contributed by atoms with Crippen LogP contribution in [0, 0.1) is 5.92 Å². The van der Waals surface area contributed by atoms with Gasteiger partial charge in [-0.05, 0) is 32.6 Å². The summed E-state index contributed by atoms with van der Waals surface area (Å²) in [5, 5.41) is 2.81. The Labute approximate surface area is 109 Å². The van der Waals surface area contributed by atoms with Gasteiger partial charge in [-0.3, -0.25) is 9.59 Å². The Morgan fingerprint density at radius 3 is 2.61 bits per heavy atom. The molecule has 3 aliphatic heterocycles. The molecule has 3 atom stereocenters. The van der Waals surface area contributed by atoms with E-state index in [-0.39, 0.29) is 5.91 Å². The van der Waals surface area contributed by atoms with Crippen molar-refractivity contribution in [2.45, 2.75) is 64.5 Å². The molecule has 1 unspecified atom stereocenters. The molecule has 3 rings (SSSR count). The van der Waals surface area contributed by atoms with E-state index < -0.39 is 0 Å². The van der Waals surface area contributed by atoms with E-state index in [2.05, 4.69) is 12.2 Å². The van der Waals surface area contributed by atoms with Gasteiger partial charge in [-0.1, -0.05) is 13.3 Å². The van der Waals surface area contributed by atoms with E-state index in [4.69, 9.17) is 0 Å². The highest BCUT2D eigenvalue weighted by molar-refractivity contribution is 5.86. The number of hydrogen-bond acceptors (Lipinski definition) is 2. The zero-order valence-corrected chi connectivity index (χ0v) is 11.4. The molecule has 0 spiro atoms. The molecule has 4 nitrogen and oxygen atoms in total. The molecule has 0 radical (unpaired) electrons. The number of β-lactam (4-membered cyclic amide) rings is 1. The molecule has 3 heterocycles. The SMILES string of the molecule is C[C@@H]1CCC2[C@@H](C)C(=O)N21.O=C1CCCCCN1.